The van der Waals surface area contributed by atoms with Crippen LogP contribution in [0, 0.1) is 0 Å². The first-order valence-electron chi connectivity index (χ1n) is 11.4. The fourth-order valence-corrected chi connectivity index (χ4v) is 3.45. The molecule has 2 aromatic carbocycles. The molecule has 4 aromatic rings. The molecule has 0 bridgehead atoms. The lowest BCUT2D eigenvalue weighted by atomic mass is 10.1. The molecule has 2 heterocycles. The van der Waals surface area contributed by atoms with Crippen LogP contribution in [-0.2, 0) is 0 Å². The molecular weight excluding hydrogens is 452 g/mol. The maximum atomic E-state index is 12.6. The number of nitrogens with one attached hydrogen (secondary N) is 2. The van der Waals surface area contributed by atoms with E-state index in [4.69, 9.17) is 0 Å². The van der Waals surface area contributed by atoms with Crippen LogP contribution in [0.15, 0.2) is 85.2 Å². The highest BCUT2D eigenvalue weighted by Gasteiger charge is 2.11. The molecule has 0 aliphatic heterocycles. The SMILES string of the molecule is CN(C)c1ccc(NC(=O)c2ccc(-c3ccc(C(=O)Nc4ccc(N(C)C)cc4)cn3)nc2)cc1. The van der Waals surface area contributed by atoms with E-state index in [1.807, 2.05) is 86.5 Å². The minimum absolute atomic E-state index is 0.245. The van der Waals surface area contributed by atoms with Crippen molar-refractivity contribution in [3.8, 4) is 11.4 Å². The highest BCUT2D eigenvalue weighted by molar-refractivity contribution is 6.05. The van der Waals surface area contributed by atoms with Gasteiger partial charge in [-0.05, 0) is 72.8 Å². The van der Waals surface area contributed by atoms with E-state index in [-0.39, 0.29) is 11.8 Å². The monoisotopic (exact) mass is 480 g/mol. The third-order valence-corrected chi connectivity index (χ3v) is 5.60. The van der Waals surface area contributed by atoms with E-state index in [1.165, 1.54) is 12.4 Å². The molecule has 8 heteroatoms. The number of hydrogen-bond acceptors (Lipinski definition) is 6. The number of hydrogen-bond donors (Lipinski definition) is 2. The highest BCUT2D eigenvalue weighted by Crippen LogP contribution is 2.19. The summed E-state index contributed by atoms with van der Waals surface area (Å²) in [6, 6.07) is 22.0. The van der Waals surface area contributed by atoms with Gasteiger partial charge in [-0.25, -0.2) is 0 Å². The minimum atomic E-state index is -0.245. The first-order valence-corrected chi connectivity index (χ1v) is 11.4. The molecule has 0 spiro atoms. The molecule has 2 aromatic heterocycles. The van der Waals surface area contributed by atoms with Gasteiger partial charge in [0.05, 0.1) is 22.5 Å². The molecule has 182 valence electrons. The number of aromatic nitrogens is 2. The van der Waals surface area contributed by atoms with Crippen molar-refractivity contribution in [3.63, 3.8) is 0 Å². The Morgan fingerprint density at radius 2 is 0.917 bits per heavy atom. The fraction of sp³-hybridized carbons (Fsp3) is 0.143. The summed E-state index contributed by atoms with van der Waals surface area (Å²) >= 11 is 0. The number of anilines is 4. The Labute approximate surface area is 210 Å². The molecule has 0 atom stereocenters. The van der Waals surface area contributed by atoms with Gasteiger partial charge in [-0.15, -0.1) is 0 Å². The average Bonchev–Trinajstić information content (AvgIpc) is 2.89. The molecule has 8 nitrogen and oxygen atoms in total. The van der Waals surface area contributed by atoms with Gasteiger partial charge in [0, 0.05) is 63.3 Å². The van der Waals surface area contributed by atoms with Gasteiger partial charge in [0.25, 0.3) is 11.8 Å². The molecule has 0 aliphatic rings. The number of nitrogens with zero attached hydrogens (tertiary/aromatic N) is 4. The minimum Gasteiger partial charge on any atom is -0.378 e. The van der Waals surface area contributed by atoms with E-state index in [2.05, 4.69) is 20.6 Å². The quantitative estimate of drug-likeness (QED) is 0.396. The van der Waals surface area contributed by atoms with Crippen molar-refractivity contribution in [1.29, 1.82) is 0 Å². The van der Waals surface area contributed by atoms with Gasteiger partial charge in [0.2, 0.25) is 0 Å². The van der Waals surface area contributed by atoms with Crippen molar-refractivity contribution in [2.75, 3.05) is 48.6 Å². The summed E-state index contributed by atoms with van der Waals surface area (Å²) in [5.74, 6) is -0.490. The molecule has 0 fully saturated rings. The summed E-state index contributed by atoms with van der Waals surface area (Å²) in [6.07, 6.45) is 3.02. The fourth-order valence-electron chi connectivity index (χ4n) is 3.45. The predicted octanol–water partition coefficient (Wildman–Crippen LogP) is 4.78. The zero-order valence-electron chi connectivity index (χ0n) is 20.7. The summed E-state index contributed by atoms with van der Waals surface area (Å²) < 4.78 is 0. The van der Waals surface area contributed by atoms with Gasteiger partial charge in [-0.1, -0.05) is 0 Å². The number of carbonyl (C=O) groups excluding carboxylic acids is 2. The van der Waals surface area contributed by atoms with Crippen LogP contribution in [0.3, 0.4) is 0 Å². The number of carbonyl (C=O) groups is 2. The van der Waals surface area contributed by atoms with Crippen LogP contribution in [0.4, 0.5) is 22.7 Å². The Kier molecular flexibility index (Phi) is 7.25. The molecule has 0 radical (unpaired) electrons. The molecule has 0 saturated heterocycles. The summed E-state index contributed by atoms with van der Waals surface area (Å²) in [5.41, 5.74) is 5.60. The van der Waals surface area contributed by atoms with E-state index in [0.717, 1.165) is 11.4 Å². The van der Waals surface area contributed by atoms with Crippen molar-refractivity contribution >= 4 is 34.6 Å². The van der Waals surface area contributed by atoms with E-state index >= 15 is 0 Å². The van der Waals surface area contributed by atoms with Crippen LogP contribution in [0.2, 0.25) is 0 Å². The lowest BCUT2D eigenvalue weighted by molar-refractivity contribution is 0.101. The second-order valence-electron chi connectivity index (χ2n) is 8.66. The Bertz CT molecular complexity index is 1220. The first kappa shape index (κ1) is 24.4. The zero-order chi connectivity index (χ0) is 25.7. The van der Waals surface area contributed by atoms with E-state index in [1.54, 1.807) is 24.3 Å². The summed E-state index contributed by atoms with van der Waals surface area (Å²) in [7, 11) is 7.85. The second-order valence-corrected chi connectivity index (χ2v) is 8.66. The van der Waals surface area contributed by atoms with Crippen molar-refractivity contribution in [2.45, 2.75) is 0 Å². The topological polar surface area (TPSA) is 90.5 Å². The van der Waals surface area contributed by atoms with Crippen molar-refractivity contribution in [3.05, 3.63) is 96.3 Å². The maximum absolute atomic E-state index is 12.6. The van der Waals surface area contributed by atoms with Crippen LogP contribution >= 0.6 is 0 Å². The van der Waals surface area contributed by atoms with Gasteiger partial charge in [-0.3, -0.25) is 19.6 Å². The van der Waals surface area contributed by atoms with Crippen LogP contribution in [0.25, 0.3) is 11.4 Å². The van der Waals surface area contributed by atoms with E-state index < -0.39 is 0 Å². The summed E-state index contributed by atoms with van der Waals surface area (Å²) in [5, 5.41) is 5.74. The number of benzene rings is 2. The standard InChI is InChI=1S/C28H28N6O2/c1-33(2)23-11-7-21(8-12-23)31-27(35)19-5-15-25(29-17-19)26-16-6-20(18-30-26)28(36)32-22-9-13-24(14-10-22)34(3)4/h5-18H,1-4H3,(H,31,35)(H,32,36). The van der Waals surface area contributed by atoms with Crippen molar-refractivity contribution in [1.82, 2.24) is 9.97 Å². The molecule has 4 rings (SSSR count). The Balaban J connectivity index is 1.38. The summed E-state index contributed by atoms with van der Waals surface area (Å²) in [6.45, 7) is 0. The van der Waals surface area contributed by atoms with Gasteiger partial charge < -0.3 is 20.4 Å². The molecule has 0 unspecified atom stereocenters. The average molecular weight is 481 g/mol. The van der Waals surface area contributed by atoms with Crippen LogP contribution in [0.1, 0.15) is 20.7 Å². The molecule has 2 amide bonds. The Morgan fingerprint density at radius 3 is 1.19 bits per heavy atom. The predicted molar refractivity (Wildman–Crippen MR) is 145 cm³/mol. The smallest absolute Gasteiger partial charge is 0.257 e. The maximum Gasteiger partial charge on any atom is 0.257 e. The van der Waals surface area contributed by atoms with Crippen LogP contribution < -0.4 is 20.4 Å². The van der Waals surface area contributed by atoms with E-state index in [9.17, 15) is 9.59 Å². The number of amides is 2. The molecule has 2 N–H and O–H groups in total. The lowest BCUT2D eigenvalue weighted by Crippen LogP contribution is -2.13. The van der Waals surface area contributed by atoms with Gasteiger partial charge in [0.1, 0.15) is 0 Å². The third kappa shape index (κ3) is 5.85. The largest absolute Gasteiger partial charge is 0.378 e. The molecule has 0 aliphatic carbocycles. The highest BCUT2D eigenvalue weighted by atomic mass is 16.2. The number of pyridine rings is 2. The lowest BCUT2D eigenvalue weighted by Gasteiger charge is -2.13. The molecular formula is C28H28N6O2. The van der Waals surface area contributed by atoms with Crippen LogP contribution in [0.5, 0.6) is 0 Å². The van der Waals surface area contributed by atoms with Gasteiger partial charge in [-0.2, -0.15) is 0 Å². The normalized spacial score (nSPS) is 10.4. The third-order valence-electron chi connectivity index (χ3n) is 5.60. The Morgan fingerprint density at radius 1 is 0.556 bits per heavy atom. The number of rotatable bonds is 7. The van der Waals surface area contributed by atoms with Crippen molar-refractivity contribution in [2.24, 2.45) is 0 Å². The zero-order valence-corrected chi connectivity index (χ0v) is 20.7. The van der Waals surface area contributed by atoms with Crippen molar-refractivity contribution < 1.29 is 9.59 Å². The van der Waals surface area contributed by atoms with Crippen LogP contribution in [-0.4, -0.2) is 50.0 Å². The second kappa shape index (κ2) is 10.7. The molecule has 36 heavy (non-hydrogen) atoms. The van der Waals surface area contributed by atoms with Gasteiger partial charge in [0.15, 0.2) is 0 Å². The first-order chi connectivity index (χ1) is 17.3. The van der Waals surface area contributed by atoms with E-state index in [0.29, 0.717) is 33.9 Å². The Hall–Kier alpha value is -4.72. The molecule has 0 saturated carbocycles. The summed E-state index contributed by atoms with van der Waals surface area (Å²) in [4.78, 5) is 37.9. The van der Waals surface area contributed by atoms with Gasteiger partial charge >= 0.3 is 0 Å².